The van der Waals surface area contributed by atoms with Crippen LogP contribution in [-0.4, -0.2) is 53.7 Å². The third-order valence-electron chi connectivity index (χ3n) is 5.40. The molecule has 4 rings (SSSR count). The van der Waals surface area contributed by atoms with E-state index < -0.39 is 11.2 Å². The van der Waals surface area contributed by atoms with Gasteiger partial charge < -0.3 is 15.2 Å². The standard InChI is InChI=1S/C21H24N8OS2/c1-28(2)19-8-18(29(3)27-19)15-7-17(13-10-24-21(23)25-11-13)26-20(16(15)9-22)31-12-32(30)14-5-4-6-14/h7-8,10-11,14H,4-6,12H2,1-3H3,(H2,23,24,25). The fourth-order valence-electron chi connectivity index (χ4n) is 3.32. The van der Waals surface area contributed by atoms with Crippen LogP contribution in [0.25, 0.3) is 22.5 Å². The second-order valence-corrected chi connectivity index (χ2v) is 10.8. The summed E-state index contributed by atoms with van der Waals surface area (Å²) in [7, 11) is 5.67. The van der Waals surface area contributed by atoms with Gasteiger partial charge in [-0.1, -0.05) is 11.8 Å². The van der Waals surface area contributed by atoms with Crippen LogP contribution in [-0.2, 0) is 18.2 Å². The summed E-state index contributed by atoms with van der Waals surface area (Å²) < 4.78 is 14.3. The van der Waals surface area contributed by atoms with Gasteiger partial charge in [0, 0.05) is 50.7 Å². The number of aromatic nitrogens is 5. The molecule has 3 aromatic heterocycles. The Morgan fingerprint density at radius 2 is 2.03 bits per heavy atom. The van der Waals surface area contributed by atoms with Gasteiger partial charge in [-0.25, -0.2) is 15.0 Å². The highest BCUT2D eigenvalue weighted by Crippen LogP contribution is 2.37. The minimum atomic E-state index is -0.952. The maximum Gasteiger partial charge on any atom is 0.219 e. The number of anilines is 2. The van der Waals surface area contributed by atoms with E-state index in [4.69, 9.17) is 10.7 Å². The summed E-state index contributed by atoms with van der Waals surface area (Å²) in [6.45, 7) is 0. The van der Waals surface area contributed by atoms with Crippen LogP contribution in [0.3, 0.4) is 0 Å². The summed E-state index contributed by atoms with van der Waals surface area (Å²) in [6.07, 6.45) is 6.35. The van der Waals surface area contributed by atoms with Crippen LogP contribution in [0.15, 0.2) is 29.6 Å². The van der Waals surface area contributed by atoms with Crippen molar-refractivity contribution in [1.82, 2.24) is 24.7 Å². The first kappa shape index (κ1) is 22.4. The van der Waals surface area contributed by atoms with E-state index >= 15 is 0 Å². The Balaban J connectivity index is 1.80. The Morgan fingerprint density at radius 3 is 2.59 bits per heavy atom. The second-order valence-electron chi connectivity index (χ2n) is 7.78. The zero-order valence-electron chi connectivity index (χ0n) is 18.1. The van der Waals surface area contributed by atoms with E-state index in [1.165, 1.54) is 11.8 Å². The molecular formula is C21H24N8OS2. The van der Waals surface area contributed by atoms with Crippen molar-refractivity contribution in [3.05, 3.63) is 30.1 Å². The number of pyridine rings is 1. The first-order valence-electron chi connectivity index (χ1n) is 10.1. The van der Waals surface area contributed by atoms with Crippen LogP contribution < -0.4 is 10.6 Å². The summed E-state index contributed by atoms with van der Waals surface area (Å²) in [6, 6.07) is 6.08. The molecule has 0 aromatic carbocycles. The summed E-state index contributed by atoms with van der Waals surface area (Å²) in [5.74, 6) is 0.955. The second kappa shape index (κ2) is 9.36. The normalized spacial score (nSPS) is 14.6. The zero-order chi connectivity index (χ0) is 22.8. The van der Waals surface area contributed by atoms with Gasteiger partial charge in [0.2, 0.25) is 5.95 Å². The Hall–Kier alpha value is -2.81. The predicted molar refractivity (Wildman–Crippen MR) is 127 cm³/mol. The van der Waals surface area contributed by atoms with Crippen LogP contribution in [0.1, 0.15) is 24.8 Å². The van der Waals surface area contributed by atoms with Crippen molar-refractivity contribution in [3.63, 3.8) is 0 Å². The first-order valence-corrected chi connectivity index (χ1v) is 12.5. The van der Waals surface area contributed by atoms with Gasteiger partial charge in [-0.15, -0.1) is 0 Å². The minimum Gasteiger partial charge on any atom is -0.615 e. The molecule has 0 bridgehead atoms. The van der Waals surface area contributed by atoms with Crippen molar-refractivity contribution in [3.8, 4) is 28.6 Å². The fraction of sp³-hybridized carbons (Fsp3) is 0.381. The molecule has 1 saturated carbocycles. The molecule has 1 atom stereocenters. The van der Waals surface area contributed by atoms with Crippen LogP contribution >= 0.6 is 11.8 Å². The summed E-state index contributed by atoms with van der Waals surface area (Å²) in [4.78, 5) is 14.8. The van der Waals surface area contributed by atoms with E-state index in [0.717, 1.165) is 30.8 Å². The average molecular weight is 469 g/mol. The molecule has 1 unspecified atom stereocenters. The van der Waals surface area contributed by atoms with Gasteiger partial charge in [0.1, 0.15) is 16.3 Å². The third-order valence-corrected chi connectivity index (χ3v) is 8.59. The molecule has 166 valence electrons. The van der Waals surface area contributed by atoms with Gasteiger partial charge in [-0.05, 0) is 36.5 Å². The Labute approximate surface area is 194 Å². The lowest BCUT2D eigenvalue weighted by molar-refractivity contribution is 0.479. The van der Waals surface area contributed by atoms with Gasteiger partial charge >= 0.3 is 0 Å². The lowest BCUT2D eigenvalue weighted by Crippen LogP contribution is -2.29. The SMILES string of the molecule is CN(C)c1cc(-c2cc(-c3cnc(N)nc3)nc(SC[S+]([O-])C3CCC3)c2C#N)n(C)n1. The number of hydrogen-bond acceptors (Lipinski definition) is 9. The molecule has 3 aromatic rings. The van der Waals surface area contributed by atoms with Gasteiger partial charge in [-0.3, -0.25) is 4.68 Å². The fourth-order valence-corrected chi connectivity index (χ4v) is 6.32. The molecule has 32 heavy (non-hydrogen) atoms. The zero-order valence-corrected chi connectivity index (χ0v) is 19.8. The molecule has 0 aliphatic heterocycles. The molecule has 0 spiro atoms. The molecule has 0 radical (unpaired) electrons. The van der Waals surface area contributed by atoms with Crippen molar-refractivity contribution in [2.24, 2.45) is 7.05 Å². The van der Waals surface area contributed by atoms with Crippen LogP contribution in [0.2, 0.25) is 0 Å². The Bertz CT molecular complexity index is 1150. The molecule has 9 nitrogen and oxygen atoms in total. The molecule has 11 heteroatoms. The number of nitriles is 1. The molecule has 1 aliphatic carbocycles. The van der Waals surface area contributed by atoms with E-state index in [9.17, 15) is 9.81 Å². The summed E-state index contributed by atoms with van der Waals surface area (Å²) in [5.41, 5.74) is 8.86. The van der Waals surface area contributed by atoms with Gasteiger partial charge in [0.25, 0.3) is 0 Å². The number of aryl methyl sites for hydroxylation is 1. The molecule has 1 fully saturated rings. The molecular weight excluding hydrogens is 444 g/mol. The van der Waals surface area contributed by atoms with Crippen molar-refractivity contribution in [1.29, 1.82) is 5.26 Å². The third kappa shape index (κ3) is 4.53. The van der Waals surface area contributed by atoms with Crippen molar-refractivity contribution >= 4 is 34.7 Å². The van der Waals surface area contributed by atoms with E-state index in [1.54, 1.807) is 17.1 Å². The number of thioether (sulfide) groups is 1. The Morgan fingerprint density at radius 1 is 1.31 bits per heavy atom. The highest BCUT2D eigenvalue weighted by molar-refractivity contribution is 8.12. The van der Waals surface area contributed by atoms with Gasteiger partial charge in [0.15, 0.2) is 10.9 Å². The van der Waals surface area contributed by atoms with Crippen molar-refractivity contribution in [2.45, 2.75) is 29.5 Å². The molecule has 2 N–H and O–H groups in total. The van der Waals surface area contributed by atoms with Gasteiger partial charge in [-0.2, -0.15) is 10.4 Å². The average Bonchev–Trinajstić information content (AvgIpc) is 3.12. The smallest absolute Gasteiger partial charge is 0.219 e. The summed E-state index contributed by atoms with van der Waals surface area (Å²) >= 11 is 0.405. The quantitative estimate of drug-likeness (QED) is 0.410. The number of nitrogens with two attached hydrogens (primary N) is 1. The van der Waals surface area contributed by atoms with Crippen molar-refractivity contribution in [2.75, 3.05) is 29.8 Å². The van der Waals surface area contributed by atoms with E-state index in [-0.39, 0.29) is 11.2 Å². The topological polar surface area (TPSA) is 133 Å². The number of rotatable bonds is 7. The number of nitrogen functional groups attached to an aromatic ring is 1. The summed E-state index contributed by atoms with van der Waals surface area (Å²) in [5, 5.41) is 15.8. The first-order chi connectivity index (χ1) is 15.4. The lowest BCUT2D eigenvalue weighted by atomic mass is 10.0. The van der Waals surface area contributed by atoms with E-state index in [2.05, 4.69) is 21.1 Å². The molecule has 1 aliphatic rings. The highest BCUT2D eigenvalue weighted by atomic mass is 32.3. The van der Waals surface area contributed by atoms with Crippen LogP contribution in [0.5, 0.6) is 0 Å². The van der Waals surface area contributed by atoms with E-state index in [1.807, 2.05) is 38.2 Å². The molecule has 3 heterocycles. The predicted octanol–water partition coefficient (Wildman–Crippen LogP) is 2.81. The maximum absolute atomic E-state index is 12.6. The number of nitrogens with zero attached hydrogens (tertiary/aromatic N) is 7. The largest absolute Gasteiger partial charge is 0.615 e. The van der Waals surface area contributed by atoms with Crippen LogP contribution in [0, 0.1) is 11.3 Å². The lowest BCUT2D eigenvalue weighted by Gasteiger charge is -2.27. The highest BCUT2D eigenvalue weighted by Gasteiger charge is 2.30. The monoisotopic (exact) mass is 468 g/mol. The van der Waals surface area contributed by atoms with E-state index in [0.29, 0.717) is 32.5 Å². The maximum atomic E-state index is 12.6. The van der Waals surface area contributed by atoms with Crippen molar-refractivity contribution < 1.29 is 4.55 Å². The van der Waals surface area contributed by atoms with Gasteiger partial charge in [0.05, 0.1) is 17.0 Å². The Kier molecular flexibility index (Phi) is 6.55. The van der Waals surface area contributed by atoms with Crippen LogP contribution in [0.4, 0.5) is 11.8 Å². The molecule has 0 amide bonds. The number of hydrogen-bond donors (Lipinski definition) is 1. The molecule has 0 saturated heterocycles. The minimum absolute atomic E-state index is 0.176.